The SMILES string of the molecule is Cc1ccc(-c2ccc(-c3ccccc3)c(I)c2I)c(I)c1. The van der Waals surface area contributed by atoms with Gasteiger partial charge in [0.2, 0.25) is 0 Å². The standard InChI is InChI=1S/C19H13I3/c1-12-7-8-15(17(20)11-12)16-10-9-14(18(21)19(16)22)13-5-3-2-4-6-13/h2-11H,1H3. The molecule has 3 heteroatoms. The smallest absolute Gasteiger partial charge is 0.0349 e. The largest absolute Gasteiger partial charge is 0.0622 e. The van der Waals surface area contributed by atoms with E-state index in [-0.39, 0.29) is 0 Å². The van der Waals surface area contributed by atoms with Crippen LogP contribution < -0.4 is 0 Å². The highest BCUT2D eigenvalue weighted by Gasteiger charge is 2.13. The Morgan fingerprint density at radius 1 is 0.636 bits per heavy atom. The molecular weight excluding hydrogens is 609 g/mol. The highest BCUT2D eigenvalue weighted by Crippen LogP contribution is 2.37. The van der Waals surface area contributed by atoms with Crippen molar-refractivity contribution in [3.63, 3.8) is 0 Å². The van der Waals surface area contributed by atoms with Crippen molar-refractivity contribution in [3.8, 4) is 22.3 Å². The monoisotopic (exact) mass is 622 g/mol. The summed E-state index contributed by atoms with van der Waals surface area (Å²) in [4.78, 5) is 0. The molecule has 0 heterocycles. The third-order valence-electron chi connectivity index (χ3n) is 3.58. The maximum atomic E-state index is 2.48. The number of aryl methyl sites for hydroxylation is 1. The second kappa shape index (κ2) is 7.17. The molecule has 110 valence electrons. The molecule has 0 N–H and O–H groups in total. The summed E-state index contributed by atoms with van der Waals surface area (Å²) in [7, 11) is 0. The molecule has 3 aromatic rings. The quantitative estimate of drug-likeness (QED) is 0.267. The van der Waals surface area contributed by atoms with Crippen molar-refractivity contribution in [3.05, 3.63) is 76.9 Å². The van der Waals surface area contributed by atoms with E-state index in [9.17, 15) is 0 Å². The zero-order chi connectivity index (χ0) is 15.7. The van der Waals surface area contributed by atoms with Crippen molar-refractivity contribution in [1.29, 1.82) is 0 Å². The van der Waals surface area contributed by atoms with Gasteiger partial charge >= 0.3 is 0 Å². The van der Waals surface area contributed by atoms with Gasteiger partial charge in [0, 0.05) is 10.7 Å². The van der Waals surface area contributed by atoms with Gasteiger partial charge in [0.1, 0.15) is 0 Å². The van der Waals surface area contributed by atoms with Gasteiger partial charge in [-0.25, -0.2) is 0 Å². The van der Waals surface area contributed by atoms with E-state index in [0.29, 0.717) is 0 Å². The molecule has 0 aliphatic heterocycles. The van der Waals surface area contributed by atoms with Gasteiger partial charge in [0.25, 0.3) is 0 Å². The summed E-state index contributed by atoms with van der Waals surface area (Å²) in [5.74, 6) is 0. The topological polar surface area (TPSA) is 0 Å². The molecule has 0 aliphatic rings. The fourth-order valence-corrected chi connectivity index (χ4v) is 4.94. The number of rotatable bonds is 2. The van der Waals surface area contributed by atoms with E-state index in [1.165, 1.54) is 38.5 Å². The summed E-state index contributed by atoms with van der Waals surface area (Å²) in [6.45, 7) is 2.14. The molecule has 0 aliphatic carbocycles. The van der Waals surface area contributed by atoms with E-state index in [1.807, 2.05) is 0 Å². The molecule has 0 unspecified atom stereocenters. The van der Waals surface area contributed by atoms with E-state index in [0.717, 1.165) is 0 Å². The summed E-state index contributed by atoms with van der Waals surface area (Å²) in [5.41, 5.74) is 6.51. The molecule has 0 atom stereocenters. The van der Waals surface area contributed by atoms with Crippen LogP contribution in [0.5, 0.6) is 0 Å². The Morgan fingerprint density at radius 2 is 1.23 bits per heavy atom. The maximum absolute atomic E-state index is 2.48. The highest BCUT2D eigenvalue weighted by molar-refractivity contribution is 14.1. The van der Waals surface area contributed by atoms with Crippen LogP contribution in [0.3, 0.4) is 0 Å². The van der Waals surface area contributed by atoms with Crippen molar-refractivity contribution in [2.75, 3.05) is 0 Å². The minimum Gasteiger partial charge on any atom is -0.0622 e. The van der Waals surface area contributed by atoms with Crippen molar-refractivity contribution in [2.45, 2.75) is 6.92 Å². The van der Waals surface area contributed by atoms with Crippen LogP contribution in [0.15, 0.2) is 60.7 Å². The Labute approximate surface area is 172 Å². The normalized spacial score (nSPS) is 10.7. The number of hydrogen-bond acceptors (Lipinski definition) is 0. The van der Waals surface area contributed by atoms with Crippen LogP contribution >= 0.6 is 67.8 Å². The van der Waals surface area contributed by atoms with Crippen LogP contribution in [-0.4, -0.2) is 0 Å². The molecule has 0 spiro atoms. The first-order valence-electron chi connectivity index (χ1n) is 6.88. The Balaban J connectivity index is 2.15. The first-order valence-corrected chi connectivity index (χ1v) is 10.1. The molecule has 0 radical (unpaired) electrons. The summed E-state index contributed by atoms with van der Waals surface area (Å²) >= 11 is 7.38. The second-order valence-corrected chi connectivity index (χ2v) is 8.46. The van der Waals surface area contributed by atoms with Crippen molar-refractivity contribution >= 4 is 67.8 Å². The molecule has 0 amide bonds. The lowest BCUT2D eigenvalue weighted by molar-refractivity contribution is 1.43. The fraction of sp³-hybridized carbons (Fsp3) is 0.0526. The van der Waals surface area contributed by atoms with Crippen molar-refractivity contribution < 1.29 is 0 Å². The summed E-state index contributed by atoms with van der Waals surface area (Å²) in [6.07, 6.45) is 0. The van der Waals surface area contributed by atoms with E-state index in [4.69, 9.17) is 0 Å². The van der Waals surface area contributed by atoms with E-state index in [1.54, 1.807) is 0 Å². The van der Waals surface area contributed by atoms with Crippen LogP contribution in [-0.2, 0) is 0 Å². The van der Waals surface area contributed by atoms with Crippen molar-refractivity contribution in [2.24, 2.45) is 0 Å². The van der Waals surface area contributed by atoms with Crippen LogP contribution in [0.1, 0.15) is 5.56 Å². The molecule has 3 aromatic carbocycles. The molecule has 3 rings (SSSR count). The van der Waals surface area contributed by atoms with Gasteiger partial charge in [0.05, 0.1) is 0 Å². The van der Waals surface area contributed by atoms with Gasteiger partial charge in [0.15, 0.2) is 0 Å². The van der Waals surface area contributed by atoms with Gasteiger partial charge in [-0.05, 0) is 103 Å². The predicted octanol–water partition coefficient (Wildman–Crippen LogP) is 7.14. The van der Waals surface area contributed by atoms with Crippen LogP contribution in [0.2, 0.25) is 0 Å². The molecule has 0 nitrogen and oxygen atoms in total. The molecular formula is C19H13I3. The number of benzene rings is 3. The average molecular weight is 622 g/mol. The lowest BCUT2D eigenvalue weighted by atomic mass is 10.00. The third-order valence-corrected chi connectivity index (χ3v) is 7.75. The highest BCUT2D eigenvalue weighted by atomic mass is 127. The molecule has 0 aromatic heterocycles. The second-order valence-electron chi connectivity index (χ2n) is 5.14. The van der Waals surface area contributed by atoms with Gasteiger partial charge in [-0.3, -0.25) is 0 Å². The van der Waals surface area contributed by atoms with Gasteiger partial charge in [-0.15, -0.1) is 0 Å². The first kappa shape index (κ1) is 16.7. The molecule has 0 fully saturated rings. The lowest BCUT2D eigenvalue weighted by Crippen LogP contribution is -1.93. The maximum Gasteiger partial charge on any atom is 0.0349 e. The number of hydrogen-bond donors (Lipinski definition) is 0. The molecule has 22 heavy (non-hydrogen) atoms. The van der Waals surface area contributed by atoms with Crippen LogP contribution in [0.25, 0.3) is 22.3 Å². The Bertz CT molecular complexity index is 824. The summed E-state index contributed by atoms with van der Waals surface area (Å²) in [5, 5.41) is 0. The van der Waals surface area contributed by atoms with Crippen molar-refractivity contribution in [1.82, 2.24) is 0 Å². The van der Waals surface area contributed by atoms with Crippen LogP contribution in [0, 0.1) is 17.6 Å². The van der Waals surface area contributed by atoms with Gasteiger partial charge in [-0.2, -0.15) is 0 Å². The predicted molar refractivity (Wildman–Crippen MR) is 120 cm³/mol. The average Bonchev–Trinajstić information content (AvgIpc) is 2.52. The minimum atomic E-state index is 1.27. The lowest BCUT2D eigenvalue weighted by Gasteiger charge is -2.13. The summed E-state index contributed by atoms with van der Waals surface area (Å²) in [6, 6.07) is 21.7. The Hall–Kier alpha value is -0.150. The molecule has 0 saturated heterocycles. The zero-order valence-electron chi connectivity index (χ0n) is 11.9. The molecule has 0 saturated carbocycles. The Morgan fingerprint density at radius 3 is 1.91 bits per heavy atom. The molecule has 0 bridgehead atoms. The summed E-state index contributed by atoms with van der Waals surface area (Å²) < 4.78 is 3.94. The first-order chi connectivity index (χ1) is 10.6. The Kier molecular flexibility index (Phi) is 5.44. The van der Waals surface area contributed by atoms with Gasteiger partial charge in [-0.1, -0.05) is 60.2 Å². The fourth-order valence-electron chi connectivity index (χ4n) is 2.44. The van der Waals surface area contributed by atoms with Gasteiger partial charge < -0.3 is 0 Å². The van der Waals surface area contributed by atoms with Crippen LogP contribution in [0.4, 0.5) is 0 Å². The van der Waals surface area contributed by atoms with E-state index < -0.39 is 0 Å². The third kappa shape index (κ3) is 3.36. The zero-order valence-corrected chi connectivity index (χ0v) is 18.4. The van der Waals surface area contributed by atoms with E-state index >= 15 is 0 Å². The number of halogens is 3. The van der Waals surface area contributed by atoms with E-state index in [2.05, 4.69) is 135 Å². The minimum absolute atomic E-state index is 1.27.